The molecule has 0 aliphatic heterocycles. The molecule has 22 heavy (non-hydrogen) atoms. The lowest BCUT2D eigenvalue weighted by Gasteiger charge is -2.10. The molecule has 1 aromatic carbocycles. The molecule has 0 saturated carbocycles. The van der Waals surface area contributed by atoms with Crippen LogP contribution in [0, 0.1) is 0 Å². The molecule has 0 spiro atoms. The highest BCUT2D eigenvalue weighted by Crippen LogP contribution is 2.17. The third-order valence-corrected chi connectivity index (χ3v) is 3.91. The molecule has 0 atom stereocenters. The van der Waals surface area contributed by atoms with E-state index < -0.39 is 5.97 Å². The fourth-order valence-corrected chi connectivity index (χ4v) is 2.83. The van der Waals surface area contributed by atoms with Crippen molar-refractivity contribution in [3.8, 4) is 0 Å². The first kappa shape index (κ1) is 14.3. The zero-order valence-electron chi connectivity index (χ0n) is 11.8. The quantitative estimate of drug-likeness (QED) is 0.747. The van der Waals surface area contributed by atoms with E-state index in [1.54, 1.807) is 24.4 Å². The van der Waals surface area contributed by atoms with Crippen molar-refractivity contribution in [3.05, 3.63) is 63.5 Å². The van der Waals surface area contributed by atoms with Crippen LogP contribution in [0.1, 0.15) is 16.1 Å². The lowest BCUT2D eigenvalue weighted by atomic mass is 10.2. The first-order valence-corrected chi connectivity index (χ1v) is 7.44. The Hall–Kier alpha value is -2.67. The molecule has 1 N–H and O–H groups in total. The van der Waals surface area contributed by atoms with Crippen molar-refractivity contribution in [2.24, 2.45) is 0 Å². The molecule has 2 heterocycles. The Balaban J connectivity index is 1.85. The maximum Gasteiger partial charge on any atom is 0.339 e. The lowest BCUT2D eigenvalue weighted by molar-refractivity contribution is 0.0602. The second kappa shape index (κ2) is 5.98. The second-order valence-electron chi connectivity index (χ2n) is 4.53. The van der Waals surface area contributed by atoms with E-state index in [9.17, 15) is 9.59 Å². The molecule has 7 heteroatoms. The van der Waals surface area contributed by atoms with Crippen LogP contribution < -0.4 is 10.9 Å². The van der Waals surface area contributed by atoms with Crippen LogP contribution in [-0.4, -0.2) is 22.5 Å². The zero-order chi connectivity index (χ0) is 15.5. The summed E-state index contributed by atoms with van der Waals surface area (Å²) in [4.78, 5) is 28.7. The number of ether oxygens (including phenoxy) is 1. The number of fused-ring (bicyclic) bond motifs is 1. The molecule has 0 saturated heterocycles. The van der Waals surface area contributed by atoms with Crippen molar-refractivity contribution in [3.63, 3.8) is 0 Å². The molecule has 0 unspecified atom stereocenters. The molecule has 3 rings (SSSR count). The summed E-state index contributed by atoms with van der Waals surface area (Å²) in [7, 11) is 1.34. The van der Waals surface area contributed by atoms with Crippen molar-refractivity contribution in [1.29, 1.82) is 0 Å². The van der Waals surface area contributed by atoms with Gasteiger partial charge in [0.05, 0.1) is 24.9 Å². The minimum absolute atomic E-state index is 0.121. The molecular weight excluding hydrogens is 302 g/mol. The highest BCUT2D eigenvalue weighted by molar-refractivity contribution is 7.15. The number of anilines is 1. The van der Waals surface area contributed by atoms with Crippen LogP contribution in [-0.2, 0) is 11.3 Å². The summed E-state index contributed by atoms with van der Waals surface area (Å²) in [5.41, 5.74) is 1.58. The summed E-state index contributed by atoms with van der Waals surface area (Å²) in [5, 5.41) is 4.94. The number of para-hydroxylation sites is 1. The topological polar surface area (TPSA) is 72.7 Å². The van der Waals surface area contributed by atoms with Gasteiger partial charge in [-0.15, -0.1) is 11.3 Å². The molecule has 0 amide bonds. The average molecular weight is 315 g/mol. The molecule has 112 valence electrons. The number of aromatic nitrogens is 2. The number of rotatable bonds is 4. The van der Waals surface area contributed by atoms with Gasteiger partial charge in [-0.1, -0.05) is 12.1 Å². The van der Waals surface area contributed by atoms with E-state index in [4.69, 9.17) is 4.74 Å². The number of hydrogen-bond donors (Lipinski definition) is 1. The molecule has 0 radical (unpaired) electrons. The Kier molecular flexibility index (Phi) is 3.88. The Morgan fingerprint density at radius 3 is 3.05 bits per heavy atom. The maximum atomic E-state index is 11.9. The standard InChI is InChI=1S/C15H13N3O3S/c1-21-14(20)11-4-2-3-5-12(11)16-9-10-8-13(19)18-6-7-22-15(18)17-10/h2-8,16H,9H2,1H3. The number of methoxy groups -OCH3 is 1. The van der Waals surface area contributed by atoms with Crippen molar-refractivity contribution in [1.82, 2.24) is 9.38 Å². The van der Waals surface area contributed by atoms with Gasteiger partial charge >= 0.3 is 5.97 Å². The molecule has 0 fully saturated rings. The number of esters is 1. The average Bonchev–Trinajstić information content (AvgIpc) is 3.01. The molecule has 0 aliphatic rings. The zero-order valence-corrected chi connectivity index (χ0v) is 12.6. The largest absolute Gasteiger partial charge is 0.465 e. The van der Waals surface area contributed by atoms with Gasteiger partial charge in [0.15, 0.2) is 4.96 Å². The maximum absolute atomic E-state index is 11.9. The van der Waals surface area contributed by atoms with Gasteiger partial charge in [-0.05, 0) is 12.1 Å². The normalized spacial score (nSPS) is 10.6. The predicted molar refractivity (Wildman–Crippen MR) is 84.4 cm³/mol. The SMILES string of the molecule is COC(=O)c1ccccc1NCc1cc(=O)n2ccsc2n1. The number of carbonyl (C=O) groups is 1. The highest BCUT2D eigenvalue weighted by Gasteiger charge is 2.11. The number of carbonyl (C=O) groups excluding carboxylic acids is 1. The van der Waals surface area contributed by atoms with Gasteiger partial charge in [-0.25, -0.2) is 9.78 Å². The van der Waals surface area contributed by atoms with Gasteiger partial charge in [0.1, 0.15) is 0 Å². The van der Waals surface area contributed by atoms with Gasteiger partial charge in [-0.3, -0.25) is 9.20 Å². The summed E-state index contributed by atoms with van der Waals surface area (Å²) in [5.74, 6) is -0.412. The number of hydrogen-bond acceptors (Lipinski definition) is 6. The van der Waals surface area contributed by atoms with Crippen LogP contribution in [0.25, 0.3) is 4.96 Å². The van der Waals surface area contributed by atoms with Gasteiger partial charge in [0.2, 0.25) is 0 Å². The summed E-state index contributed by atoms with van der Waals surface area (Å²) < 4.78 is 6.25. The molecule has 2 aromatic heterocycles. The van der Waals surface area contributed by atoms with Crippen LogP contribution in [0.5, 0.6) is 0 Å². The van der Waals surface area contributed by atoms with Crippen molar-refractivity contribution >= 4 is 28.0 Å². The molecule has 6 nitrogen and oxygen atoms in total. The van der Waals surface area contributed by atoms with Gasteiger partial charge in [-0.2, -0.15) is 0 Å². The first-order chi connectivity index (χ1) is 10.7. The minimum atomic E-state index is -0.412. The van der Waals surface area contributed by atoms with Crippen LogP contribution in [0.4, 0.5) is 5.69 Å². The smallest absolute Gasteiger partial charge is 0.339 e. The van der Waals surface area contributed by atoms with Crippen LogP contribution >= 0.6 is 11.3 Å². The lowest BCUT2D eigenvalue weighted by Crippen LogP contribution is -2.15. The van der Waals surface area contributed by atoms with E-state index in [0.717, 1.165) is 0 Å². The van der Waals surface area contributed by atoms with Crippen LogP contribution in [0.15, 0.2) is 46.7 Å². The van der Waals surface area contributed by atoms with Gasteiger partial charge < -0.3 is 10.1 Å². The Labute approximate surface area is 130 Å². The van der Waals surface area contributed by atoms with Crippen LogP contribution in [0.2, 0.25) is 0 Å². The number of nitrogens with one attached hydrogen (secondary N) is 1. The number of benzene rings is 1. The second-order valence-corrected chi connectivity index (χ2v) is 5.41. The van der Waals surface area contributed by atoms with Crippen molar-refractivity contribution < 1.29 is 9.53 Å². The predicted octanol–water partition coefficient (Wildman–Crippen LogP) is 2.15. The minimum Gasteiger partial charge on any atom is -0.465 e. The number of nitrogens with zero attached hydrogens (tertiary/aromatic N) is 2. The third kappa shape index (κ3) is 2.71. The van der Waals surface area contributed by atoms with E-state index in [1.807, 2.05) is 11.4 Å². The fraction of sp³-hybridized carbons (Fsp3) is 0.133. The summed E-state index contributed by atoms with van der Waals surface area (Å²) >= 11 is 1.40. The molecule has 3 aromatic rings. The van der Waals surface area contributed by atoms with Crippen molar-refractivity contribution in [2.45, 2.75) is 6.54 Å². The Bertz CT molecular complexity index is 885. The summed E-state index contributed by atoms with van der Waals surface area (Å²) in [6.45, 7) is 0.345. The number of thiazole rings is 1. The van der Waals surface area contributed by atoms with Gasteiger partial charge in [0, 0.05) is 23.3 Å². The van der Waals surface area contributed by atoms with E-state index in [-0.39, 0.29) is 5.56 Å². The highest BCUT2D eigenvalue weighted by atomic mass is 32.1. The monoisotopic (exact) mass is 315 g/mol. The van der Waals surface area contributed by atoms with E-state index in [1.165, 1.54) is 28.9 Å². The summed E-state index contributed by atoms with van der Waals surface area (Å²) in [6, 6.07) is 8.52. The molecule has 0 bridgehead atoms. The van der Waals surface area contributed by atoms with Crippen molar-refractivity contribution in [2.75, 3.05) is 12.4 Å². The van der Waals surface area contributed by atoms with E-state index >= 15 is 0 Å². The third-order valence-electron chi connectivity index (χ3n) is 3.15. The van der Waals surface area contributed by atoms with E-state index in [0.29, 0.717) is 28.5 Å². The van der Waals surface area contributed by atoms with Crippen LogP contribution in [0.3, 0.4) is 0 Å². The van der Waals surface area contributed by atoms with Gasteiger partial charge in [0.25, 0.3) is 5.56 Å². The Morgan fingerprint density at radius 2 is 2.23 bits per heavy atom. The Morgan fingerprint density at radius 1 is 1.41 bits per heavy atom. The summed E-state index contributed by atoms with van der Waals surface area (Å²) in [6.07, 6.45) is 1.69. The fourth-order valence-electron chi connectivity index (χ4n) is 2.09. The molecular formula is C15H13N3O3S. The molecule has 0 aliphatic carbocycles. The van der Waals surface area contributed by atoms with E-state index in [2.05, 4.69) is 10.3 Å². The first-order valence-electron chi connectivity index (χ1n) is 6.56.